The summed E-state index contributed by atoms with van der Waals surface area (Å²) < 4.78 is 0. The quantitative estimate of drug-likeness (QED) is 0.752. The van der Waals surface area contributed by atoms with E-state index in [1.165, 1.54) is 0 Å². The first-order chi connectivity index (χ1) is 7.65. The molecule has 2 N–H and O–H groups in total. The van der Waals surface area contributed by atoms with Crippen LogP contribution in [-0.2, 0) is 11.3 Å². The van der Waals surface area contributed by atoms with E-state index in [0.29, 0.717) is 13.1 Å². The molecule has 5 heteroatoms. The molecule has 1 aromatic rings. The van der Waals surface area contributed by atoms with E-state index >= 15 is 0 Å². The van der Waals surface area contributed by atoms with Crippen LogP contribution in [0.25, 0.3) is 0 Å². The summed E-state index contributed by atoms with van der Waals surface area (Å²) in [5.74, 6) is 0.861. The third-order valence-electron chi connectivity index (χ3n) is 2.23. The minimum Gasteiger partial charge on any atom is -0.373 e. The fraction of sp³-hybridized carbons (Fsp3) is 0.455. The second-order valence-corrected chi connectivity index (χ2v) is 3.65. The van der Waals surface area contributed by atoms with Crippen LogP contribution in [0.3, 0.4) is 0 Å². The van der Waals surface area contributed by atoms with Gasteiger partial charge in [-0.3, -0.25) is 9.69 Å². The number of likely N-dealkylation sites (N-methyl/N-ethyl adjacent to an activating group) is 2. The Morgan fingerprint density at radius 1 is 1.44 bits per heavy atom. The van der Waals surface area contributed by atoms with Gasteiger partial charge in [0.15, 0.2) is 0 Å². The first-order valence-electron chi connectivity index (χ1n) is 5.17. The number of carbonyl (C=O) groups excluding carboxylic acids is 1. The van der Waals surface area contributed by atoms with Crippen LogP contribution in [0.4, 0.5) is 5.82 Å². The zero-order valence-corrected chi connectivity index (χ0v) is 9.95. The summed E-state index contributed by atoms with van der Waals surface area (Å²) >= 11 is 0. The van der Waals surface area contributed by atoms with Crippen LogP contribution in [0.15, 0.2) is 18.3 Å². The Kier molecular flexibility index (Phi) is 4.72. The van der Waals surface area contributed by atoms with E-state index in [2.05, 4.69) is 15.6 Å². The zero-order chi connectivity index (χ0) is 12.0. The molecule has 0 aliphatic rings. The minimum absolute atomic E-state index is 0.0160. The van der Waals surface area contributed by atoms with Crippen LogP contribution in [-0.4, -0.2) is 43.5 Å². The van der Waals surface area contributed by atoms with Gasteiger partial charge in [0, 0.05) is 26.8 Å². The SMILES string of the molecule is CNC(=O)CN(C)Cc1ccc(NC)nc1. The molecule has 0 saturated heterocycles. The van der Waals surface area contributed by atoms with Crippen molar-refractivity contribution in [3.8, 4) is 0 Å². The molecule has 0 aromatic carbocycles. The topological polar surface area (TPSA) is 57.3 Å². The average molecular weight is 222 g/mol. The van der Waals surface area contributed by atoms with Crippen molar-refractivity contribution in [1.29, 1.82) is 0 Å². The molecule has 16 heavy (non-hydrogen) atoms. The Morgan fingerprint density at radius 2 is 2.19 bits per heavy atom. The highest BCUT2D eigenvalue weighted by Crippen LogP contribution is 2.05. The first-order valence-corrected chi connectivity index (χ1v) is 5.17. The fourth-order valence-electron chi connectivity index (χ4n) is 1.36. The maximum absolute atomic E-state index is 11.1. The smallest absolute Gasteiger partial charge is 0.233 e. The van der Waals surface area contributed by atoms with Gasteiger partial charge >= 0.3 is 0 Å². The highest BCUT2D eigenvalue weighted by Gasteiger charge is 2.05. The van der Waals surface area contributed by atoms with E-state index in [-0.39, 0.29) is 5.91 Å². The van der Waals surface area contributed by atoms with E-state index < -0.39 is 0 Å². The second-order valence-electron chi connectivity index (χ2n) is 3.65. The number of amides is 1. The van der Waals surface area contributed by atoms with Crippen molar-refractivity contribution in [3.05, 3.63) is 23.9 Å². The van der Waals surface area contributed by atoms with Gasteiger partial charge in [-0.15, -0.1) is 0 Å². The van der Waals surface area contributed by atoms with Gasteiger partial charge in [0.05, 0.1) is 6.54 Å². The van der Waals surface area contributed by atoms with Gasteiger partial charge < -0.3 is 10.6 Å². The lowest BCUT2D eigenvalue weighted by Crippen LogP contribution is -2.32. The Bertz CT molecular complexity index is 336. The number of hydrogen-bond acceptors (Lipinski definition) is 4. The molecule has 1 heterocycles. The van der Waals surface area contributed by atoms with Crippen LogP contribution in [0.5, 0.6) is 0 Å². The molecular weight excluding hydrogens is 204 g/mol. The van der Waals surface area contributed by atoms with Crippen molar-refractivity contribution in [2.45, 2.75) is 6.54 Å². The summed E-state index contributed by atoms with van der Waals surface area (Å²) in [5.41, 5.74) is 1.09. The van der Waals surface area contributed by atoms with Crippen molar-refractivity contribution in [2.24, 2.45) is 0 Å². The van der Waals surface area contributed by atoms with Crippen LogP contribution in [0.1, 0.15) is 5.56 Å². The molecule has 1 aromatic heterocycles. The second kappa shape index (κ2) is 6.07. The van der Waals surface area contributed by atoms with Crippen LogP contribution >= 0.6 is 0 Å². The summed E-state index contributed by atoms with van der Waals surface area (Å²) in [7, 11) is 5.38. The molecule has 0 aliphatic carbocycles. The average Bonchev–Trinajstić information content (AvgIpc) is 2.29. The molecule has 0 aliphatic heterocycles. The van der Waals surface area contributed by atoms with Crippen molar-refractivity contribution in [3.63, 3.8) is 0 Å². The number of carbonyl (C=O) groups is 1. The number of nitrogens with one attached hydrogen (secondary N) is 2. The molecule has 88 valence electrons. The summed E-state index contributed by atoms with van der Waals surface area (Å²) in [6.45, 7) is 1.11. The lowest BCUT2D eigenvalue weighted by atomic mass is 10.2. The number of nitrogens with zero attached hydrogens (tertiary/aromatic N) is 2. The maximum atomic E-state index is 11.1. The largest absolute Gasteiger partial charge is 0.373 e. The van der Waals surface area contributed by atoms with E-state index in [9.17, 15) is 4.79 Å². The highest BCUT2D eigenvalue weighted by atomic mass is 16.1. The monoisotopic (exact) mass is 222 g/mol. The predicted octanol–water partition coefficient (Wildman–Crippen LogP) is 0.301. The van der Waals surface area contributed by atoms with Crippen molar-refractivity contribution in [1.82, 2.24) is 15.2 Å². The summed E-state index contributed by atoms with van der Waals surface area (Å²) in [5, 5.41) is 5.55. The molecular formula is C11H18N4O. The van der Waals surface area contributed by atoms with Gasteiger partial charge in [-0.05, 0) is 18.7 Å². The number of rotatable bonds is 5. The molecule has 5 nitrogen and oxygen atoms in total. The fourth-order valence-corrected chi connectivity index (χ4v) is 1.36. The van der Waals surface area contributed by atoms with E-state index in [1.807, 2.05) is 37.3 Å². The normalized spacial score (nSPS) is 10.2. The van der Waals surface area contributed by atoms with Crippen molar-refractivity contribution < 1.29 is 4.79 Å². The van der Waals surface area contributed by atoms with Crippen LogP contribution in [0.2, 0.25) is 0 Å². The maximum Gasteiger partial charge on any atom is 0.233 e. The molecule has 1 amide bonds. The van der Waals surface area contributed by atoms with Gasteiger partial charge in [-0.2, -0.15) is 0 Å². The van der Waals surface area contributed by atoms with Crippen molar-refractivity contribution in [2.75, 3.05) is 33.0 Å². The lowest BCUT2D eigenvalue weighted by Gasteiger charge is -2.15. The van der Waals surface area contributed by atoms with Gasteiger partial charge in [-0.25, -0.2) is 4.98 Å². The van der Waals surface area contributed by atoms with Crippen molar-refractivity contribution >= 4 is 11.7 Å². The number of hydrogen-bond donors (Lipinski definition) is 2. The minimum atomic E-state index is 0.0160. The summed E-state index contributed by atoms with van der Waals surface area (Å²) in [6.07, 6.45) is 1.81. The molecule has 0 saturated carbocycles. The Balaban J connectivity index is 2.49. The van der Waals surface area contributed by atoms with E-state index in [0.717, 1.165) is 11.4 Å². The van der Waals surface area contributed by atoms with Gasteiger partial charge in [0.2, 0.25) is 5.91 Å². The molecule has 1 rings (SSSR count). The highest BCUT2D eigenvalue weighted by molar-refractivity contribution is 5.77. The molecule has 0 atom stereocenters. The third kappa shape index (κ3) is 3.86. The standard InChI is InChI=1S/C11H18N4O/c1-12-10-5-4-9(6-14-10)7-15(3)8-11(16)13-2/h4-6H,7-8H2,1-3H3,(H,12,14)(H,13,16). The number of aromatic nitrogens is 1. The van der Waals surface area contributed by atoms with E-state index in [1.54, 1.807) is 7.05 Å². The summed E-state index contributed by atoms with van der Waals surface area (Å²) in [4.78, 5) is 17.3. The molecule has 0 bridgehead atoms. The Labute approximate surface area is 95.9 Å². The van der Waals surface area contributed by atoms with Crippen LogP contribution < -0.4 is 10.6 Å². The Hall–Kier alpha value is -1.62. The van der Waals surface area contributed by atoms with Gasteiger partial charge in [0.1, 0.15) is 5.82 Å². The molecule has 0 fully saturated rings. The van der Waals surface area contributed by atoms with Gasteiger partial charge in [-0.1, -0.05) is 6.07 Å². The number of anilines is 1. The predicted molar refractivity (Wildman–Crippen MR) is 64.2 cm³/mol. The lowest BCUT2D eigenvalue weighted by molar-refractivity contribution is -0.121. The Morgan fingerprint density at radius 3 is 2.69 bits per heavy atom. The molecule has 0 unspecified atom stereocenters. The zero-order valence-electron chi connectivity index (χ0n) is 9.95. The summed E-state index contributed by atoms with van der Waals surface area (Å²) in [6, 6.07) is 3.92. The molecule has 0 radical (unpaired) electrons. The molecule has 0 spiro atoms. The number of pyridine rings is 1. The van der Waals surface area contributed by atoms with E-state index in [4.69, 9.17) is 0 Å². The van der Waals surface area contributed by atoms with Crippen LogP contribution in [0, 0.1) is 0 Å². The first kappa shape index (κ1) is 12.4. The third-order valence-corrected chi connectivity index (χ3v) is 2.23. The van der Waals surface area contributed by atoms with Gasteiger partial charge in [0.25, 0.3) is 0 Å².